The number of aliphatic imine (C=N–C) groups is 1. The molecule has 0 rings (SSSR count). The molecular formula is C16H35IN4O. The van der Waals surface area contributed by atoms with Crippen LogP contribution in [0, 0.1) is 5.41 Å². The molecule has 0 aromatic rings. The maximum Gasteiger partial charge on any atom is 0.216 e. The van der Waals surface area contributed by atoms with Crippen LogP contribution in [0.25, 0.3) is 0 Å². The van der Waals surface area contributed by atoms with Crippen LogP contribution < -0.4 is 16.0 Å². The molecule has 0 saturated carbocycles. The van der Waals surface area contributed by atoms with E-state index in [4.69, 9.17) is 0 Å². The second kappa shape index (κ2) is 14.1. The van der Waals surface area contributed by atoms with Gasteiger partial charge in [0.2, 0.25) is 5.91 Å². The summed E-state index contributed by atoms with van der Waals surface area (Å²) in [5.41, 5.74) is 0.231. The highest BCUT2D eigenvalue weighted by molar-refractivity contribution is 14.0. The third-order valence-corrected chi connectivity index (χ3v) is 3.26. The fourth-order valence-corrected chi connectivity index (χ4v) is 1.99. The van der Waals surface area contributed by atoms with Gasteiger partial charge < -0.3 is 16.0 Å². The summed E-state index contributed by atoms with van der Waals surface area (Å²) in [6.07, 6.45) is 5.02. The summed E-state index contributed by atoms with van der Waals surface area (Å²) in [5, 5.41) is 9.24. The second-order valence-electron chi connectivity index (χ2n) is 6.23. The van der Waals surface area contributed by atoms with Gasteiger partial charge in [0.1, 0.15) is 0 Å². The van der Waals surface area contributed by atoms with Gasteiger partial charge in [-0.15, -0.1) is 24.0 Å². The minimum Gasteiger partial charge on any atom is -0.357 e. The van der Waals surface area contributed by atoms with Crippen molar-refractivity contribution in [2.75, 3.05) is 26.2 Å². The van der Waals surface area contributed by atoms with Crippen molar-refractivity contribution in [1.82, 2.24) is 16.0 Å². The lowest BCUT2D eigenvalue weighted by Gasteiger charge is -2.23. The van der Waals surface area contributed by atoms with Gasteiger partial charge in [0.05, 0.1) is 0 Å². The van der Waals surface area contributed by atoms with E-state index in [-0.39, 0.29) is 35.3 Å². The van der Waals surface area contributed by atoms with E-state index in [0.717, 1.165) is 19.0 Å². The number of hydrogen-bond donors (Lipinski definition) is 3. The molecule has 1 amide bonds. The first-order valence-corrected chi connectivity index (χ1v) is 8.18. The van der Waals surface area contributed by atoms with Gasteiger partial charge in [0.25, 0.3) is 0 Å². The molecule has 0 aliphatic rings. The molecule has 0 aromatic heterocycles. The van der Waals surface area contributed by atoms with Crippen LogP contribution >= 0.6 is 24.0 Å². The first kappa shape index (κ1) is 23.7. The van der Waals surface area contributed by atoms with Crippen LogP contribution in [0.15, 0.2) is 4.99 Å². The minimum atomic E-state index is -0.00389. The van der Waals surface area contributed by atoms with Crippen molar-refractivity contribution in [2.24, 2.45) is 10.4 Å². The minimum absolute atomic E-state index is 0. The molecule has 3 N–H and O–H groups in total. The smallest absolute Gasteiger partial charge is 0.216 e. The fraction of sp³-hybridized carbons (Fsp3) is 0.875. The van der Waals surface area contributed by atoms with Crippen molar-refractivity contribution < 1.29 is 4.79 Å². The van der Waals surface area contributed by atoms with Crippen molar-refractivity contribution in [1.29, 1.82) is 0 Å². The predicted molar refractivity (Wildman–Crippen MR) is 106 cm³/mol. The Labute approximate surface area is 153 Å². The summed E-state index contributed by atoms with van der Waals surface area (Å²) in [6, 6.07) is 0. The number of hydrogen-bond acceptors (Lipinski definition) is 2. The SMILES string of the molecule is CCCCCC(C)(C)CN=C(NCC)NCCNC(C)=O.I. The van der Waals surface area contributed by atoms with Crippen molar-refractivity contribution in [3.8, 4) is 0 Å². The Hall–Kier alpha value is -0.530. The van der Waals surface area contributed by atoms with E-state index >= 15 is 0 Å². The Balaban J connectivity index is 0. The van der Waals surface area contributed by atoms with Crippen molar-refractivity contribution in [3.63, 3.8) is 0 Å². The molecule has 0 spiro atoms. The number of amides is 1. The molecular weight excluding hydrogens is 391 g/mol. The number of carbonyl (C=O) groups is 1. The van der Waals surface area contributed by atoms with Gasteiger partial charge in [-0.2, -0.15) is 0 Å². The standard InChI is InChI=1S/C16H34N4O.HI/c1-6-8-9-10-16(4,5)13-20-15(17-7-2)19-12-11-18-14(3)21;/h6-13H2,1-5H3,(H,18,21)(H2,17,19,20);1H. The van der Waals surface area contributed by atoms with Gasteiger partial charge in [-0.3, -0.25) is 9.79 Å². The fourth-order valence-electron chi connectivity index (χ4n) is 1.99. The lowest BCUT2D eigenvalue weighted by Crippen LogP contribution is -2.41. The third-order valence-electron chi connectivity index (χ3n) is 3.26. The van der Waals surface area contributed by atoms with Crippen LogP contribution in [0.4, 0.5) is 0 Å². The molecule has 0 fully saturated rings. The maximum absolute atomic E-state index is 10.8. The van der Waals surface area contributed by atoms with E-state index in [1.165, 1.54) is 32.6 Å². The van der Waals surface area contributed by atoms with Crippen LogP contribution in [-0.4, -0.2) is 38.0 Å². The van der Waals surface area contributed by atoms with Gasteiger partial charge in [-0.05, 0) is 18.8 Å². The zero-order valence-electron chi connectivity index (χ0n) is 14.9. The van der Waals surface area contributed by atoms with E-state index in [1.807, 2.05) is 0 Å². The van der Waals surface area contributed by atoms with E-state index in [1.54, 1.807) is 0 Å². The summed E-state index contributed by atoms with van der Waals surface area (Å²) >= 11 is 0. The van der Waals surface area contributed by atoms with Crippen molar-refractivity contribution in [3.05, 3.63) is 0 Å². The molecule has 0 heterocycles. The number of halogens is 1. The highest BCUT2D eigenvalue weighted by Crippen LogP contribution is 2.23. The van der Waals surface area contributed by atoms with Crippen LogP contribution in [0.2, 0.25) is 0 Å². The van der Waals surface area contributed by atoms with Gasteiger partial charge in [-0.1, -0.05) is 40.0 Å². The van der Waals surface area contributed by atoms with E-state index < -0.39 is 0 Å². The number of carbonyl (C=O) groups excluding carboxylic acids is 1. The maximum atomic E-state index is 10.8. The molecule has 0 aliphatic heterocycles. The number of nitrogens with zero attached hydrogens (tertiary/aromatic N) is 1. The highest BCUT2D eigenvalue weighted by Gasteiger charge is 2.16. The molecule has 0 aromatic carbocycles. The monoisotopic (exact) mass is 426 g/mol. The first-order chi connectivity index (χ1) is 9.91. The number of nitrogens with one attached hydrogen (secondary N) is 3. The van der Waals surface area contributed by atoms with E-state index in [0.29, 0.717) is 13.1 Å². The zero-order valence-corrected chi connectivity index (χ0v) is 17.3. The molecule has 0 aliphatic carbocycles. The molecule has 0 bridgehead atoms. The third kappa shape index (κ3) is 14.4. The second-order valence-corrected chi connectivity index (χ2v) is 6.23. The Morgan fingerprint density at radius 1 is 1.05 bits per heavy atom. The lowest BCUT2D eigenvalue weighted by atomic mass is 9.87. The molecule has 0 atom stereocenters. The molecule has 6 heteroatoms. The van der Waals surface area contributed by atoms with Crippen LogP contribution in [0.3, 0.4) is 0 Å². The quantitative estimate of drug-likeness (QED) is 0.218. The van der Waals surface area contributed by atoms with Gasteiger partial charge in [0, 0.05) is 33.1 Å². The zero-order chi connectivity index (χ0) is 16.1. The van der Waals surface area contributed by atoms with Gasteiger partial charge in [0.15, 0.2) is 5.96 Å². The summed E-state index contributed by atoms with van der Waals surface area (Å²) in [7, 11) is 0. The molecule has 22 heavy (non-hydrogen) atoms. The Morgan fingerprint density at radius 3 is 2.23 bits per heavy atom. The number of unbranched alkanes of at least 4 members (excludes halogenated alkanes) is 2. The van der Waals surface area contributed by atoms with Crippen molar-refractivity contribution >= 4 is 35.8 Å². The predicted octanol–water partition coefficient (Wildman–Crippen LogP) is 2.90. The molecule has 0 unspecified atom stereocenters. The van der Waals surface area contributed by atoms with E-state index in [9.17, 15) is 4.79 Å². The lowest BCUT2D eigenvalue weighted by molar-refractivity contribution is -0.118. The molecule has 5 nitrogen and oxygen atoms in total. The summed E-state index contributed by atoms with van der Waals surface area (Å²) < 4.78 is 0. The average Bonchev–Trinajstić information content (AvgIpc) is 2.40. The van der Waals surface area contributed by atoms with Gasteiger partial charge >= 0.3 is 0 Å². The van der Waals surface area contributed by atoms with Crippen LogP contribution in [0.1, 0.15) is 60.3 Å². The number of guanidine groups is 1. The molecule has 0 saturated heterocycles. The first-order valence-electron chi connectivity index (χ1n) is 8.18. The van der Waals surface area contributed by atoms with Gasteiger partial charge in [-0.25, -0.2) is 0 Å². The molecule has 132 valence electrons. The average molecular weight is 426 g/mol. The highest BCUT2D eigenvalue weighted by atomic mass is 127. The summed E-state index contributed by atoms with van der Waals surface area (Å²) in [4.78, 5) is 15.5. The van der Waals surface area contributed by atoms with Crippen molar-refractivity contribution in [2.45, 2.75) is 60.3 Å². The van der Waals surface area contributed by atoms with Crippen LogP contribution in [0.5, 0.6) is 0 Å². The normalized spacial score (nSPS) is 11.6. The summed E-state index contributed by atoms with van der Waals surface area (Å²) in [5.74, 6) is 0.821. The Bertz CT molecular complexity index is 319. The Kier molecular flexibility index (Phi) is 15.2. The van der Waals surface area contributed by atoms with Crippen LogP contribution in [-0.2, 0) is 4.79 Å². The van der Waals surface area contributed by atoms with E-state index in [2.05, 4.69) is 48.6 Å². The molecule has 0 radical (unpaired) electrons. The largest absolute Gasteiger partial charge is 0.357 e. The topological polar surface area (TPSA) is 65.5 Å². The Morgan fingerprint density at radius 2 is 1.68 bits per heavy atom. The number of rotatable bonds is 10. The summed E-state index contributed by atoms with van der Waals surface area (Å²) in [6.45, 7) is 13.3.